The van der Waals surface area contributed by atoms with Gasteiger partial charge in [-0.15, -0.1) is 0 Å². The van der Waals surface area contributed by atoms with Crippen LogP contribution < -0.4 is 5.32 Å². The van der Waals surface area contributed by atoms with Gasteiger partial charge in [0.1, 0.15) is 0 Å². The molecule has 86 valence electrons. The Bertz CT molecular complexity index is 349. The molecule has 0 spiro atoms. The van der Waals surface area contributed by atoms with Crippen LogP contribution in [0.3, 0.4) is 0 Å². The average Bonchev–Trinajstić information content (AvgIpc) is 2.34. The number of carbonyl (C=O) groups is 1. The number of hydrogen-bond donors (Lipinski definition) is 2. The molecule has 4 nitrogen and oxygen atoms in total. The number of carbonyl (C=O) groups excluding carboxylic acids is 1. The smallest absolute Gasteiger partial charge is 0.244 e. The number of rotatable bonds is 5. The van der Waals surface area contributed by atoms with Crippen molar-refractivity contribution in [2.45, 2.75) is 6.92 Å². The second kappa shape index (κ2) is 6.74. The maximum atomic E-state index is 11.3. The molecule has 0 saturated heterocycles. The van der Waals surface area contributed by atoms with Crippen molar-refractivity contribution in [1.29, 1.82) is 0 Å². The van der Waals surface area contributed by atoms with Crippen LogP contribution in [0.5, 0.6) is 0 Å². The van der Waals surface area contributed by atoms with Crippen LogP contribution >= 0.6 is 0 Å². The van der Waals surface area contributed by atoms with Gasteiger partial charge in [-0.25, -0.2) is 0 Å². The summed E-state index contributed by atoms with van der Waals surface area (Å²) in [6.07, 6.45) is 6.52. The van der Waals surface area contributed by atoms with Gasteiger partial charge in [0.2, 0.25) is 5.91 Å². The molecule has 2 N–H and O–H groups in total. The normalized spacial score (nSPS) is 12.6. The van der Waals surface area contributed by atoms with E-state index in [0.717, 1.165) is 5.56 Å². The molecule has 1 atom stereocenters. The zero-order chi connectivity index (χ0) is 11.8. The topological polar surface area (TPSA) is 62.2 Å². The second-order valence-electron chi connectivity index (χ2n) is 3.65. The molecule has 1 aromatic rings. The highest BCUT2D eigenvalue weighted by Crippen LogP contribution is 1.98. The third-order valence-electron chi connectivity index (χ3n) is 2.05. The summed E-state index contributed by atoms with van der Waals surface area (Å²) in [4.78, 5) is 15.3. The third-order valence-corrected chi connectivity index (χ3v) is 2.05. The maximum absolute atomic E-state index is 11.3. The number of aliphatic hydroxyl groups is 1. The van der Waals surface area contributed by atoms with E-state index in [-0.39, 0.29) is 18.4 Å². The Hall–Kier alpha value is -1.68. The Morgan fingerprint density at radius 2 is 2.50 bits per heavy atom. The van der Waals surface area contributed by atoms with E-state index in [1.807, 2.05) is 19.1 Å². The highest BCUT2D eigenvalue weighted by Gasteiger charge is 2.00. The molecule has 0 aliphatic carbocycles. The van der Waals surface area contributed by atoms with Gasteiger partial charge in [-0.1, -0.05) is 13.0 Å². The molecule has 0 radical (unpaired) electrons. The molecule has 0 aliphatic rings. The Kier molecular flexibility index (Phi) is 5.22. The van der Waals surface area contributed by atoms with Crippen molar-refractivity contribution in [2.75, 3.05) is 13.2 Å². The monoisotopic (exact) mass is 220 g/mol. The SMILES string of the molecule is CC(CO)CNC(=O)C=Cc1cccnc1. The molecule has 1 rings (SSSR count). The fourth-order valence-electron chi connectivity index (χ4n) is 1.04. The predicted octanol–water partition coefficient (Wildman–Crippen LogP) is 0.839. The molecule has 1 amide bonds. The maximum Gasteiger partial charge on any atom is 0.244 e. The minimum absolute atomic E-state index is 0.0760. The minimum Gasteiger partial charge on any atom is -0.396 e. The summed E-state index contributed by atoms with van der Waals surface area (Å²) >= 11 is 0. The molecular weight excluding hydrogens is 204 g/mol. The molecule has 16 heavy (non-hydrogen) atoms. The molecule has 0 bridgehead atoms. The summed E-state index contributed by atoms with van der Waals surface area (Å²) in [6, 6.07) is 3.68. The van der Waals surface area contributed by atoms with E-state index in [0.29, 0.717) is 6.54 Å². The fourth-order valence-corrected chi connectivity index (χ4v) is 1.04. The van der Waals surface area contributed by atoms with Crippen LogP contribution in [0.15, 0.2) is 30.6 Å². The van der Waals surface area contributed by atoms with E-state index in [1.165, 1.54) is 6.08 Å². The molecule has 0 saturated carbocycles. The molecule has 1 heterocycles. The number of hydrogen-bond acceptors (Lipinski definition) is 3. The minimum atomic E-state index is -0.163. The molecule has 1 aromatic heterocycles. The zero-order valence-corrected chi connectivity index (χ0v) is 9.26. The number of nitrogens with zero attached hydrogens (tertiary/aromatic N) is 1. The Morgan fingerprint density at radius 1 is 1.69 bits per heavy atom. The Morgan fingerprint density at radius 3 is 3.12 bits per heavy atom. The first kappa shape index (κ1) is 12.4. The molecule has 0 aliphatic heterocycles. The van der Waals surface area contributed by atoms with Gasteiger partial charge >= 0.3 is 0 Å². The zero-order valence-electron chi connectivity index (χ0n) is 9.26. The fraction of sp³-hybridized carbons (Fsp3) is 0.333. The lowest BCUT2D eigenvalue weighted by Crippen LogP contribution is -2.27. The number of amides is 1. The van der Waals surface area contributed by atoms with Gasteiger partial charge in [-0.05, 0) is 23.6 Å². The van der Waals surface area contributed by atoms with Crippen molar-refractivity contribution in [1.82, 2.24) is 10.3 Å². The van der Waals surface area contributed by atoms with E-state index in [9.17, 15) is 4.79 Å². The quantitative estimate of drug-likeness (QED) is 0.723. The number of aromatic nitrogens is 1. The van der Waals surface area contributed by atoms with E-state index < -0.39 is 0 Å². The predicted molar refractivity (Wildman–Crippen MR) is 62.5 cm³/mol. The van der Waals surface area contributed by atoms with Gasteiger partial charge in [0.25, 0.3) is 0 Å². The lowest BCUT2D eigenvalue weighted by atomic mass is 10.2. The lowest BCUT2D eigenvalue weighted by molar-refractivity contribution is -0.116. The molecule has 0 aromatic carbocycles. The van der Waals surface area contributed by atoms with Crippen molar-refractivity contribution < 1.29 is 9.90 Å². The summed E-state index contributed by atoms with van der Waals surface area (Å²) < 4.78 is 0. The van der Waals surface area contributed by atoms with Gasteiger partial charge in [0, 0.05) is 31.6 Å². The van der Waals surface area contributed by atoms with Crippen LogP contribution in [0.1, 0.15) is 12.5 Å². The number of pyridine rings is 1. The first-order valence-corrected chi connectivity index (χ1v) is 5.19. The van der Waals surface area contributed by atoms with E-state index in [2.05, 4.69) is 10.3 Å². The van der Waals surface area contributed by atoms with Gasteiger partial charge in [-0.2, -0.15) is 0 Å². The van der Waals surface area contributed by atoms with E-state index >= 15 is 0 Å². The molecule has 1 unspecified atom stereocenters. The third kappa shape index (κ3) is 4.70. The molecular formula is C12H16N2O2. The van der Waals surface area contributed by atoms with Gasteiger partial charge < -0.3 is 10.4 Å². The van der Waals surface area contributed by atoms with Gasteiger partial charge in [0.15, 0.2) is 0 Å². The standard InChI is InChI=1S/C12H16N2O2/c1-10(9-15)7-14-12(16)5-4-11-3-2-6-13-8-11/h2-6,8,10,15H,7,9H2,1H3,(H,14,16). The highest BCUT2D eigenvalue weighted by molar-refractivity contribution is 5.91. The van der Waals surface area contributed by atoms with Crippen molar-refractivity contribution in [3.8, 4) is 0 Å². The average molecular weight is 220 g/mol. The van der Waals surface area contributed by atoms with Crippen molar-refractivity contribution in [3.05, 3.63) is 36.2 Å². The largest absolute Gasteiger partial charge is 0.396 e. The van der Waals surface area contributed by atoms with E-state index in [1.54, 1.807) is 18.5 Å². The van der Waals surface area contributed by atoms with Crippen LogP contribution in [-0.2, 0) is 4.79 Å². The van der Waals surface area contributed by atoms with Crippen LogP contribution in [0.25, 0.3) is 6.08 Å². The Balaban J connectivity index is 2.37. The summed E-state index contributed by atoms with van der Waals surface area (Å²) in [5.74, 6) is -0.0834. The second-order valence-corrected chi connectivity index (χ2v) is 3.65. The van der Waals surface area contributed by atoms with Gasteiger partial charge in [-0.3, -0.25) is 9.78 Å². The van der Waals surface area contributed by atoms with Crippen molar-refractivity contribution >= 4 is 12.0 Å². The van der Waals surface area contributed by atoms with Crippen LogP contribution in [0.2, 0.25) is 0 Å². The van der Waals surface area contributed by atoms with Crippen molar-refractivity contribution in [3.63, 3.8) is 0 Å². The lowest BCUT2D eigenvalue weighted by Gasteiger charge is -2.07. The van der Waals surface area contributed by atoms with Gasteiger partial charge in [0.05, 0.1) is 0 Å². The summed E-state index contributed by atoms with van der Waals surface area (Å²) in [7, 11) is 0. The number of aliphatic hydroxyl groups excluding tert-OH is 1. The van der Waals surface area contributed by atoms with E-state index in [4.69, 9.17) is 5.11 Å². The van der Waals surface area contributed by atoms with Crippen LogP contribution in [0, 0.1) is 5.92 Å². The number of nitrogens with one attached hydrogen (secondary N) is 1. The Labute approximate surface area is 95.0 Å². The van der Waals surface area contributed by atoms with Crippen molar-refractivity contribution in [2.24, 2.45) is 5.92 Å². The summed E-state index contributed by atoms with van der Waals surface area (Å²) in [5, 5.41) is 11.5. The first-order valence-electron chi connectivity index (χ1n) is 5.19. The first-order chi connectivity index (χ1) is 7.72. The molecule has 0 fully saturated rings. The van der Waals surface area contributed by atoms with Crippen LogP contribution in [0.4, 0.5) is 0 Å². The molecule has 4 heteroatoms. The highest BCUT2D eigenvalue weighted by atomic mass is 16.3. The summed E-state index contributed by atoms with van der Waals surface area (Å²) in [5.41, 5.74) is 0.882. The van der Waals surface area contributed by atoms with Crippen LogP contribution in [-0.4, -0.2) is 29.1 Å². The summed E-state index contributed by atoms with van der Waals surface area (Å²) in [6.45, 7) is 2.42.